The van der Waals surface area contributed by atoms with Gasteiger partial charge >= 0.3 is 0 Å². The van der Waals surface area contributed by atoms with Crippen LogP contribution in [0.5, 0.6) is 5.75 Å². The Balaban J connectivity index is 3.58. The van der Waals surface area contributed by atoms with Gasteiger partial charge in [-0.05, 0) is 46.7 Å². The van der Waals surface area contributed by atoms with Crippen LogP contribution in [0, 0.1) is 22.7 Å². The van der Waals surface area contributed by atoms with Crippen LogP contribution in [0.15, 0.2) is 17.0 Å². The van der Waals surface area contributed by atoms with Crippen molar-refractivity contribution in [2.45, 2.75) is 39.5 Å². The van der Waals surface area contributed by atoms with Crippen LogP contribution >= 0.6 is 0 Å². The third-order valence-electron chi connectivity index (χ3n) is 3.43. The molecule has 1 aromatic rings. The molecule has 0 aliphatic heterocycles. The highest BCUT2D eigenvalue weighted by atomic mass is 32.2. The summed E-state index contributed by atoms with van der Waals surface area (Å²) in [4.78, 5) is -0.450. The van der Waals surface area contributed by atoms with Crippen molar-refractivity contribution in [2.75, 3.05) is 5.75 Å². The van der Waals surface area contributed by atoms with Crippen LogP contribution in [0.25, 0.3) is 6.08 Å². The van der Waals surface area contributed by atoms with Gasteiger partial charge in [0.15, 0.2) is 0 Å². The lowest BCUT2D eigenvalue weighted by Crippen LogP contribution is -2.06. The standard InChI is InChI=1S/C17H20N2O3S/c1-11(2)15-8-13(9-16(12(3)4)17(15)20)7-14(10-19)23(21,22)6-5-18/h7-9,11-12,20H,6H2,1-4H3/b14-7-. The topological polar surface area (TPSA) is 102 Å². The summed E-state index contributed by atoms with van der Waals surface area (Å²) in [6, 6.07) is 6.55. The molecule has 0 saturated heterocycles. The largest absolute Gasteiger partial charge is 0.507 e. The molecule has 0 heterocycles. The summed E-state index contributed by atoms with van der Waals surface area (Å²) in [6.45, 7) is 7.68. The SMILES string of the molecule is CC(C)c1cc(/C=C(/C#N)S(=O)(=O)CC#N)cc(C(C)C)c1O. The fourth-order valence-corrected chi connectivity index (χ4v) is 2.95. The molecule has 0 aliphatic rings. The van der Waals surface area contributed by atoms with Gasteiger partial charge in [-0.3, -0.25) is 0 Å². The van der Waals surface area contributed by atoms with Crippen molar-refractivity contribution in [3.63, 3.8) is 0 Å². The Hall–Kier alpha value is -2.31. The predicted octanol–water partition coefficient (Wildman–Crippen LogP) is 3.44. The van der Waals surface area contributed by atoms with Gasteiger partial charge in [-0.1, -0.05) is 27.7 Å². The molecule has 0 saturated carbocycles. The Kier molecular flexibility index (Phi) is 5.95. The van der Waals surface area contributed by atoms with E-state index in [4.69, 9.17) is 10.5 Å². The molecule has 0 aromatic heterocycles. The average Bonchev–Trinajstić information content (AvgIpc) is 2.44. The van der Waals surface area contributed by atoms with Crippen molar-refractivity contribution in [1.29, 1.82) is 10.5 Å². The van der Waals surface area contributed by atoms with Crippen LogP contribution in [0.4, 0.5) is 0 Å². The third kappa shape index (κ3) is 4.34. The Bertz CT molecular complexity index is 778. The summed E-state index contributed by atoms with van der Waals surface area (Å²) in [5.74, 6) is -0.451. The van der Waals surface area contributed by atoms with Gasteiger partial charge in [0.1, 0.15) is 22.5 Å². The number of allylic oxidation sites excluding steroid dienone is 1. The molecule has 0 atom stereocenters. The Morgan fingerprint density at radius 2 is 1.65 bits per heavy atom. The van der Waals surface area contributed by atoms with E-state index in [1.54, 1.807) is 24.3 Å². The molecule has 1 rings (SSSR count). The van der Waals surface area contributed by atoms with Gasteiger partial charge in [-0.2, -0.15) is 10.5 Å². The number of benzene rings is 1. The van der Waals surface area contributed by atoms with E-state index in [9.17, 15) is 13.5 Å². The van der Waals surface area contributed by atoms with E-state index in [-0.39, 0.29) is 17.6 Å². The Morgan fingerprint density at radius 3 is 2.00 bits per heavy atom. The molecule has 1 N–H and O–H groups in total. The fourth-order valence-electron chi connectivity index (χ4n) is 2.17. The number of hydrogen-bond donors (Lipinski definition) is 1. The molecule has 6 heteroatoms. The number of phenols is 1. The summed E-state index contributed by atoms with van der Waals surface area (Å²) in [5, 5.41) is 28.0. The highest BCUT2D eigenvalue weighted by molar-refractivity contribution is 7.95. The van der Waals surface area contributed by atoms with E-state index in [2.05, 4.69) is 0 Å². The summed E-state index contributed by atoms with van der Waals surface area (Å²) in [7, 11) is -3.92. The molecule has 0 radical (unpaired) electrons. The number of rotatable bonds is 5. The zero-order chi connectivity index (χ0) is 17.8. The van der Waals surface area contributed by atoms with E-state index < -0.39 is 20.5 Å². The van der Waals surface area contributed by atoms with E-state index in [1.165, 1.54) is 6.08 Å². The fraction of sp³-hybridized carbons (Fsp3) is 0.412. The van der Waals surface area contributed by atoms with Crippen LogP contribution in [0.1, 0.15) is 56.2 Å². The van der Waals surface area contributed by atoms with Gasteiger partial charge < -0.3 is 5.11 Å². The smallest absolute Gasteiger partial charge is 0.201 e. The number of hydrogen-bond acceptors (Lipinski definition) is 5. The molecule has 122 valence electrons. The minimum Gasteiger partial charge on any atom is -0.507 e. The molecule has 0 amide bonds. The monoisotopic (exact) mass is 332 g/mol. The summed E-state index contributed by atoms with van der Waals surface area (Å²) in [5.41, 5.74) is 1.91. The first-order valence-electron chi connectivity index (χ1n) is 7.22. The van der Waals surface area contributed by atoms with Gasteiger partial charge in [-0.15, -0.1) is 0 Å². The normalized spacial score (nSPS) is 12.3. The lowest BCUT2D eigenvalue weighted by atomic mass is 9.91. The van der Waals surface area contributed by atoms with Gasteiger partial charge in [0, 0.05) is 0 Å². The summed E-state index contributed by atoms with van der Waals surface area (Å²) < 4.78 is 23.8. The van der Waals surface area contributed by atoms with Crippen LogP contribution in [-0.4, -0.2) is 19.3 Å². The van der Waals surface area contributed by atoms with Gasteiger partial charge in [0.25, 0.3) is 0 Å². The quantitative estimate of drug-likeness (QED) is 0.832. The third-order valence-corrected chi connectivity index (χ3v) is 4.82. The highest BCUT2D eigenvalue weighted by Gasteiger charge is 2.19. The van der Waals surface area contributed by atoms with Crippen LogP contribution in [0.2, 0.25) is 0 Å². The maximum absolute atomic E-state index is 11.9. The van der Waals surface area contributed by atoms with Crippen LogP contribution in [0.3, 0.4) is 0 Å². The molecule has 1 aromatic carbocycles. The van der Waals surface area contributed by atoms with E-state index in [0.29, 0.717) is 16.7 Å². The summed E-state index contributed by atoms with van der Waals surface area (Å²) in [6.07, 6.45) is 1.25. The second kappa shape index (κ2) is 7.30. The van der Waals surface area contributed by atoms with E-state index >= 15 is 0 Å². The maximum atomic E-state index is 11.9. The molecule has 0 fully saturated rings. The predicted molar refractivity (Wildman–Crippen MR) is 89.3 cm³/mol. The van der Waals surface area contributed by atoms with Gasteiger partial charge in [-0.25, -0.2) is 8.42 Å². The molecular formula is C17H20N2O3S. The minimum atomic E-state index is -3.92. The van der Waals surface area contributed by atoms with Gasteiger partial charge in [0.05, 0.1) is 6.07 Å². The molecule has 0 aliphatic carbocycles. The van der Waals surface area contributed by atoms with E-state index in [0.717, 1.165) is 0 Å². The second-order valence-electron chi connectivity index (χ2n) is 5.89. The van der Waals surface area contributed by atoms with Crippen LogP contribution < -0.4 is 0 Å². The molecule has 0 spiro atoms. The number of nitrogens with zero attached hydrogens (tertiary/aromatic N) is 2. The number of aromatic hydroxyl groups is 1. The van der Waals surface area contributed by atoms with Crippen molar-refractivity contribution in [3.8, 4) is 17.9 Å². The van der Waals surface area contributed by atoms with Crippen molar-refractivity contribution >= 4 is 15.9 Å². The number of phenolic OH excluding ortho intramolecular Hbond substituents is 1. The Morgan fingerprint density at radius 1 is 1.17 bits per heavy atom. The lowest BCUT2D eigenvalue weighted by molar-refractivity contribution is 0.454. The lowest BCUT2D eigenvalue weighted by Gasteiger charge is -2.16. The molecule has 0 unspecified atom stereocenters. The first kappa shape index (κ1) is 18.7. The first-order valence-corrected chi connectivity index (χ1v) is 8.87. The Labute approximate surface area is 137 Å². The minimum absolute atomic E-state index is 0.0436. The maximum Gasteiger partial charge on any atom is 0.201 e. The zero-order valence-electron chi connectivity index (χ0n) is 13.7. The highest BCUT2D eigenvalue weighted by Crippen LogP contribution is 2.35. The molecule has 5 nitrogen and oxygen atoms in total. The summed E-state index contributed by atoms with van der Waals surface area (Å²) >= 11 is 0. The number of sulfone groups is 1. The zero-order valence-corrected chi connectivity index (χ0v) is 14.5. The van der Waals surface area contributed by atoms with Crippen molar-refractivity contribution in [2.24, 2.45) is 0 Å². The average molecular weight is 332 g/mol. The van der Waals surface area contributed by atoms with Crippen molar-refractivity contribution < 1.29 is 13.5 Å². The van der Waals surface area contributed by atoms with Crippen molar-refractivity contribution in [1.82, 2.24) is 0 Å². The number of nitriles is 2. The van der Waals surface area contributed by atoms with Crippen LogP contribution in [-0.2, 0) is 9.84 Å². The molecular weight excluding hydrogens is 312 g/mol. The van der Waals surface area contributed by atoms with E-state index in [1.807, 2.05) is 27.7 Å². The molecule has 0 bridgehead atoms. The first-order chi connectivity index (χ1) is 10.6. The second-order valence-corrected chi connectivity index (χ2v) is 7.85. The van der Waals surface area contributed by atoms with Gasteiger partial charge in [0.2, 0.25) is 9.84 Å². The molecule has 23 heavy (non-hydrogen) atoms. The van der Waals surface area contributed by atoms with Crippen molar-refractivity contribution in [3.05, 3.63) is 33.7 Å².